The molecule has 49 heavy (non-hydrogen) atoms. The van der Waals surface area contributed by atoms with Gasteiger partial charge in [-0.25, -0.2) is 19.4 Å². The Balaban J connectivity index is 1.49. The molecule has 5 aromatic rings. The predicted octanol–water partition coefficient (Wildman–Crippen LogP) is 6.31. The summed E-state index contributed by atoms with van der Waals surface area (Å²) in [6, 6.07) is 24.4. The molecule has 0 radical (unpaired) electrons. The van der Waals surface area contributed by atoms with Crippen LogP contribution in [0.1, 0.15) is 44.2 Å². The fraction of sp³-hybridized carbons (Fsp3) is 0.188. The average Bonchev–Trinajstić information content (AvgIpc) is 3.68. The molecule has 2 aromatic heterocycles. The van der Waals surface area contributed by atoms with E-state index in [0.717, 1.165) is 0 Å². The third-order valence-corrected chi connectivity index (χ3v) is 7.64. The largest absolute Gasteiger partial charge is 0.459 e. The first-order chi connectivity index (χ1) is 23.8. The van der Waals surface area contributed by atoms with Crippen molar-refractivity contribution in [1.29, 1.82) is 0 Å². The highest BCUT2D eigenvalue weighted by Gasteiger charge is 2.60. The van der Waals surface area contributed by atoms with Gasteiger partial charge in [-0.1, -0.05) is 54.6 Å². The third-order valence-electron chi connectivity index (χ3n) is 7.64. The van der Waals surface area contributed by atoms with Gasteiger partial charge in [0.15, 0.2) is 29.6 Å². The molecule has 1 aliphatic rings. The van der Waals surface area contributed by atoms with Crippen LogP contribution in [0.15, 0.2) is 108 Å². The van der Waals surface area contributed by atoms with Crippen molar-refractivity contribution >= 4 is 40.6 Å². The number of ether oxygens (including phenoxy) is 4. The van der Waals surface area contributed by atoms with Gasteiger partial charge in [0.05, 0.1) is 23.0 Å². The van der Waals surface area contributed by atoms with Gasteiger partial charge < -0.3 is 18.9 Å². The standard InChI is InChI=1S/C32H24N10O7/c1-32(49-30(45)21-15-9-4-10-16-21)25(48-29(44)20-13-7-3-8-14-20)22(17-46-28(43)19-11-5-2-6-12-19)47-31(32)42-18-35-23-24(42)27(39-41-34)37-36-26(23)38-40-33/h2-16,18,22,25,31H,17H2,1H3/t22-,25-,31-,32-/m1/s1. The molecule has 1 saturated heterocycles. The van der Waals surface area contributed by atoms with Crippen LogP contribution in [0.25, 0.3) is 31.9 Å². The molecular formula is C32H24N10O7. The van der Waals surface area contributed by atoms with Gasteiger partial charge in [-0.3, -0.25) is 4.57 Å². The van der Waals surface area contributed by atoms with E-state index >= 15 is 0 Å². The normalized spacial score (nSPS) is 19.7. The monoisotopic (exact) mass is 660 g/mol. The molecular weight excluding hydrogens is 636 g/mol. The molecule has 1 aliphatic heterocycles. The van der Waals surface area contributed by atoms with Crippen LogP contribution < -0.4 is 0 Å². The summed E-state index contributed by atoms with van der Waals surface area (Å²) in [6.45, 7) is 1.03. The highest BCUT2D eigenvalue weighted by molar-refractivity contribution is 5.92. The lowest BCUT2D eigenvalue weighted by molar-refractivity contribution is -0.108. The van der Waals surface area contributed by atoms with E-state index in [1.807, 2.05) is 0 Å². The second kappa shape index (κ2) is 13.9. The number of esters is 3. The molecule has 17 nitrogen and oxygen atoms in total. The fourth-order valence-electron chi connectivity index (χ4n) is 5.39. The van der Waals surface area contributed by atoms with Gasteiger partial charge in [0, 0.05) is 9.82 Å². The molecule has 17 heteroatoms. The van der Waals surface area contributed by atoms with Crippen molar-refractivity contribution in [1.82, 2.24) is 19.7 Å². The summed E-state index contributed by atoms with van der Waals surface area (Å²) in [7, 11) is 0. The number of azide groups is 2. The minimum atomic E-state index is -1.88. The minimum Gasteiger partial charge on any atom is -0.459 e. The third kappa shape index (κ3) is 6.43. The number of carbonyl (C=O) groups is 3. The summed E-state index contributed by atoms with van der Waals surface area (Å²) < 4.78 is 25.6. The minimum absolute atomic E-state index is 0.00255. The van der Waals surface area contributed by atoms with Gasteiger partial charge in [0.1, 0.15) is 23.7 Å². The smallest absolute Gasteiger partial charge is 0.338 e. The Kier molecular flexibility index (Phi) is 9.12. The second-order valence-electron chi connectivity index (χ2n) is 10.7. The van der Waals surface area contributed by atoms with Crippen molar-refractivity contribution in [3.63, 3.8) is 0 Å². The van der Waals surface area contributed by atoms with Crippen LogP contribution in [0, 0.1) is 0 Å². The second-order valence-corrected chi connectivity index (χ2v) is 10.7. The number of rotatable bonds is 10. The van der Waals surface area contributed by atoms with E-state index in [1.165, 1.54) is 30.0 Å². The molecule has 0 N–H and O–H groups in total. The number of fused-ring (bicyclic) bond motifs is 1. The van der Waals surface area contributed by atoms with Crippen molar-refractivity contribution in [2.75, 3.05) is 6.61 Å². The van der Waals surface area contributed by atoms with Crippen LogP contribution in [0.2, 0.25) is 0 Å². The van der Waals surface area contributed by atoms with E-state index in [1.54, 1.807) is 78.9 Å². The first kappa shape index (κ1) is 32.2. The average molecular weight is 661 g/mol. The Bertz CT molecular complexity index is 2120. The van der Waals surface area contributed by atoms with E-state index in [-0.39, 0.29) is 39.4 Å². The van der Waals surface area contributed by atoms with Gasteiger partial charge >= 0.3 is 17.9 Å². The van der Waals surface area contributed by atoms with Gasteiger partial charge in [0.2, 0.25) is 0 Å². The van der Waals surface area contributed by atoms with E-state index in [9.17, 15) is 19.9 Å². The highest BCUT2D eigenvalue weighted by Crippen LogP contribution is 2.46. The summed E-state index contributed by atoms with van der Waals surface area (Å²) in [6.07, 6.45) is -2.79. The molecule has 1 fully saturated rings. The maximum Gasteiger partial charge on any atom is 0.338 e. The zero-order valence-electron chi connectivity index (χ0n) is 25.5. The van der Waals surface area contributed by atoms with E-state index < -0.39 is 48.6 Å². The van der Waals surface area contributed by atoms with E-state index in [0.29, 0.717) is 0 Å². The Morgan fingerprint density at radius 3 is 1.94 bits per heavy atom. The lowest BCUT2D eigenvalue weighted by Gasteiger charge is -2.35. The molecule has 0 spiro atoms. The van der Waals surface area contributed by atoms with Crippen LogP contribution in [-0.2, 0) is 18.9 Å². The van der Waals surface area contributed by atoms with Gasteiger partial charge in [-0.15, -0.1) is 10.2 Å². The molecule has 0 saturated carbocycles. The van der Waals surface area contributed by atoms with Crippen molar-refractivity contribution < 1.29 is 33.3 Å². The first-order valence-electron chi connectivity index (χ1n) is 14.6. The zero-order chi connectivity index (χ0) is 34.4. The molecule has 244 valence electrons. The van der Waals surface area contributed by atoms with Crippen LogP contribution in [-0.4, -0.2) is 62.1 Å². The van der Waals surface area contributed by atoms with Crippen LogP contribution >= 0.6 is 0 Å². The molecule has 0 unspecified atom stereocenters. The number of nitrogens with zero attached hydrogens (tertiary/aromatic N) is 10. The lowest BCUT2D eigenvalue weighted by Crippen LogP contribution is -2.50. The molecule has 0 amide bonds. The molecule has 3 aromatic carbocycles. The van der Waals surface area contributed by atoms with Crippen molar-refractivity contribution in [2.45, 2.75) is 31.0 Å². The highest BCUT2D eigenvalue weighted by atomic mass is 16.7. The van der Waals surface area contributed by atoms with Crippen LogP contribution in [0.3, 0.4) is 0 Å². The van der Waals surface area contributed by atoms with Crippen LogP contribution in [0.4, 0.5) is 11.6 Å². The number of carbonyl (C=O) groups excluding carboxylic acids is 3. The van der Waals surface area contributed by atoms with Gasteiger partial charge in [-0.05, 0) is 64.6 Å². The van der Waals surface area contributed by atoms with Gasteiger partial charge in [-0.2, -0.15) is 0 Å². The summed E-state index contributed by atoms with van der Waals surface area (Å²) in [5.74, 6) is -2.78. The Labute approximate surface area is 276 Å². The molecule has 6 rings (SSSR count). The quantitative estimate of drug-likeness (QED) is 0.0533. The van der Waals surface area contributed by atoms with Crippen molar-refractivity contribution in [2.24, 2.45) is 10.2 Å². The summed E-state index contributed by atoms with van der Waals surface area (Å²) in [5, 5.41) is 14.8. The Morgan fingerprint density at radius 2 is 1.35 bits per heavy atom. The van der Waals surface area contributed by atoms with Gasteiger partial charge in [0.25, 0.3) is 0 Å². The predicted molar refractivity (Wildman–Crippen MR) is 169 cm³/mol. The van der Waals surface area contributed by atoms with Crippen molar-refractivity contribution in [3.05, 3.63) is 135 Å². The summed E-state index contributed by atoms with van der Waals surface area (Å²) >= 11 is 0. The maximum absolute atomic E-state index is 13.7. The summed E-state index contributed by atoms with van der Waals surface area (Å²) in [4.78, 5) is 50.1. The Hall–Kier alpha value is -6.80. The summed E-state index contributed by atoms with van der Waals surface area (Å²) in [5.41, 5.74) is 17.1. The number of hydrogen-bond acceptors (Lipinski definition) is 12. The Morgan fingerprint density at radius 1 is 0.816 bits per heavy atom. The number of imidazole rings is 1. The molecule has 0 bridgehead atoms. The zero-order valence-corrected chi connectivity index (χ0v) is 25.5. The van der Waals surface area contributed by atoms with Crippen molar-refractivity contribution in [3.8, 4) is 0 Å². The number of aromatic nitrogens is 4. The molecule has 0 aliphatic carbocycles. The maximum atomic E-state index is 13.7. The SMILES string of the molecule is C[C@@]1(OC(=O)c2ccccc2)[C@H](OC(=O)c2ccccc2)[C@@H](COC(=O)c2ccccc2)O[C@H]1n1cnc2c(N=[N+]=[N-])nnc(N=[N+]=[N-])c21. The molecule has 4 atom stereocenters. The van der Waals surface area contributed by atoms with E-state index in [4.69, 9.17) is 24.5 Å². The first-order valence-corrected chi connectivity index (χ1v) is 14.6. The van der Waals surface area contributed by atoms with Crippen LogP contribution in [0.5, 0.6) is 0 Å². The molecule has 3 heterocycles. The fourth-order valence-corrected chi connectivity index (χ4v) is 5.39. The topological polar surface area (TPSA) is 229 Å². The lowest BCUT2D eigenvalue weighted by atomic mass is 9.95. The van der Waals surface area contributed by atoms with E-state index in [2.05, 4.69) is 35.2 Å². The number of benzene rings is 3. The number of hydrogen-bond donors (Lipinski definition) is 0.